The van der Waals surface area contributed by atoms with E-state index >= 15 is 0 Å². The Bertz CT molecular complexity index is 328. The lowest BCUT2D eigenvalue weighted by Gasteiger charge is -2.25. The van der Waals surface area contributed by atoms with E-state index in [-0.39, 0.29) is 29.9 Å². The third-order valence-corrected chi connectivity index (χ3v) is 2.98. The fraction of sp³-hybridized carbons (Fsp3) is 0.733. The van der Waals surface area contributed by atoms with Gasteiger partial charge in [0.25, 0.3) is 0 Å². The Morgan fingerprint density at radius 3 is 2.33 bits per heavy atom. The van der Waals surface area contributed by atoms with E-state index in [1.165, 1.54) is 0 Å². The van der Waals surface area contributed by atoms with Gasteiger partial charge in [-0.05, 0) is 34.1 Å². The summed E-state index contributed by atoms with van der Waals surface area (Å²) in [5.41, 5.74) is 0. The third kappa shape index (κ3) is 9.71. The first-order valence-electron chi connectivity index (χ1n) is 7.48. The number of nitrogens with one attached hydrogen (secondary N) is 1. The van der Waals surface area contributed by atoms with Gasteiger partial charge in [-0.2, -0.15) is 0 Å². The number of carbonyl (C=O) groups excluding carboxylic acids is 1. The van der Waals surface area contributed by atoms with Gasteiger partial charge in [0.1, 0.15) is 0 Å². The molecule has 0 heterocycles. The summed E-state index contributed by atoms with van der Waals surface area (Å²) in [4.78, 5) is 20.3. The molecule has 0 aromatic heterocycles. The first kappa shape index (κ1) is 22.5. The van der Waals surface area contributed by atoms with Crippen LogP contribution in [0.25, 0.3) is 0 Å². The molecule has 0 fully saturated rings. The predicted molar refractivity (Wildman–Crippen MR) is 101 cm³/mol. The van der Waals surface area contributed by atoms with Crippen molar-refractivity contribution in [1.29, 1.82) is 0 Å². The van der Waals surface area contributed by atoms with Crippen molar-refractivity contribution in [2.75, 3.05) is 39.8 Å². The first-order valence-corrected chi connectivity index (χ1v) is 7.48. The molecule has 0 unspecified atom stereocenters. The monoisotopic (exact) mass is 410 g/mol. The summed E-state index contributed by atoms with van der Waals surface area (Å²) < 4.78 is 0. The highest BCUT2D eigenvalue weighted by molar-refractivity contribution is 14.0. The highest BCUT2D eigenvalue weighted by atomic mass is 127. The van der Waals surface area contributed by atoms with E-state index in [2.05, 4.69) is 16.4 Å². The Morgan fingerprint density at radius 2 is 1.86 bits per heavy atom. The minimum Gasteiger partial charge on any atom is -0.357 e. The van der Waals surface area contributed by atoms with Crippen LogP contribution in [0.1, 0.15) is 34.1 Å². The van der Waals surface area contributed by atoms with Crippen LogP contribution in [-0.2, 0) is 4.79 Å². The molecule has 6 heteroatoms. The second kappa shape index (κ2) is 14.2. The normalized spacial score (nSPS) is 11.2. The number of amides is 1. The van der Waals surface area contributed by atoms with Crippen molar-refractivity contribution >= 4 is 35.8 Å². The number of halogens is 1. The van der Waals surface area contributed by atoms with Gasteiger partial charge < -0.3 is 15.1 Å². The van der Waals surface area contributed by atoms with Gasteiger partial charge in [0.2, 0.25) is 5.91 Å². The zero-order valence-corrected chi connectivity index (χ0v) is 16.4. The van der Waals surface area contributed by atoms with E-state index in [4.69, 9.17) is 0 Å². The molecule has 0 rings (SSSR count). The molecule has 0 saturated heterocycles. The summed E-state index contributed by atoms with van der Waals surface area (Å²) in [5.74, 6) is 0.925. The van der Waals surface area contributed by atoms with E-state index < -0.39 is 0 Å². The molecule has 0 spiro atoms. The number of hydrogen-bond acceptors (Lipinski definition) is 2. The van der Waals surface area contributed by atoms with Gasteiger partial charge >= 0.3 is 0 Å². The quantitative estimate of drug-likeness (QED) is 0.220. The lowest BCUT2D eigenvalue weighted by atomic mass is 10.4. The molecule has 1 N–H and O–H groups in total. The molecule has 0 aromatic carbocycles. The Morgan fingerprint density at radius 1 is 1.24 bits per heavy atom. The summed E-state index contributed by atoms with van der Waals surface area (Å²) in [6.07, 6.45) is 5.04. The van der Waals surface area contributed by atoms with Gasteiger partial charge in [0.15, 0.2) is 5.96 Å². The van der Waals surface area contributed by atoms with Crippen molar-refractivity contribution < 1.29 is 4.79 Å². The average molecular weight is 410 g/mol. The van der Waals surface area contributed by atoms with Crippen LogP contribution in [0.3, 0.4) is 0 Å². The van der Waals surface area contributed by atoms with Crippen LogP contribution in [0.15, 0.2) is 17.1 Å². The van der Waals surface area contributed by atoms with E-state index in [1.54, 1.807) is 0 Å². The minimum atomic E-state index is 0. The van der Waals surface area contributed by atoms with Gasteiger partial charge in [-0.15, -0.1) is 24.0 Å². The van der Waals surface area contributed by atoms with Crippen LogP contribution in [0.4, 0.5) is 0 Å². The molecule has 0 aliphatic rings. The maximum absolute atomic E-state index is 12.1. The molecule has 0 aliphatic heterocycles. The Hall–Kier alpha value is -0.790. The number of likely N-dealkylation sites (N-methyl/N-ethyl adjacent to an activating group) is 2. The molecular formula is C15H31IN4O. The lowest BCUT2D eigenvalue weighted by Crippen LogP contribution is -2.45. The topological polar surface area (TPSA) is 47.9 Å². The molecule has 1 amide bonds. The van der Waals surface area contributed by atoms with Gasteiger partial charge in [0.05, 0.1) is 6.54 Å². The van der Waals surface area contributed by atoms with E-state index in [0.29, 0.717) is 6.54 Å². The van der Waals surface area contributed by atoms with Gasteiger partial charge in [-0.3, -0.25) is 9.79 Å². The van der Waals surface area contributed by atoms with Crippen molar-refractivity contribution in [3.05, 3.63) is 12.2 Å². The Labute approximate surface area is 146 Å². The molecule has 21 heavy (non-hydrogen) atoms. The standard InChI is InChI=1S/C15H30N4O.HI/c1-6-10-11-12-17-15(16-7-2)18(5)13-14(20)19(8-3)9-4;/h6,10H,7-9,11-13H2,1-5H3,(H,16,17);1H/b10-6+;. The second-order valence-electron chi connectivity index (χ2n) is 4.52. The van der Waals surface area contributed by atoms with Crippen LogP contribution in [0.2, 0.25) is 0 Å². The summed E-state index contributed by atoms with van der Waals surface area (Å²) in [6, 6.07) is 0. The van der Waals surface area contributed by atoms with Gasteiger partial charge in [-0.1, -0.05) is 12.2 Å². The molecule has 0 aromatic rings. The largest absolute Gasteiger partial charge is 0.357 e. The van der Waals surface area contributed by atoms with Crippen LogP contribution in [-0.4, -0.2) is 61.4 Å². The van der Waals surface area contributed by atoms with Gasteiger partial charge in [-0.25, -0.2) is 0 Å². The average Bonchev–Trinajstić information content (AvgIpc) is 2.43. The van der Waals surface area contributed by atoms with Crippen LogP contribution in [0, 0.1) is 0 Å². The lowest BCUT2D eigenvalue weighted by molar-refractivity contribution is -0.131. The molecule has 5 nitrogen and oxygen atoms in total. The third-order valence-electron chi connectivity index (χ3n) is 2.98. The minimum absolute atomic E-state index is 0. The summed E-state index contributed by atoms with van der Waals surface area (Å²) in [7, 11) is 1.90. The number of aliphatic imine (C=N–C) groups is 1. The molecular weight excluding hydrogens is 379 g/mol. The number of carbonyl (C=O) groups is 1. The van der Waals surface area contributed by atoms with Crippen molar-refractivity contribution in [3.8, 4) is 0 Å². The number of hydrogen-bond donors (Lipinski definition) is 1. The molecule has 0 bridgehead atoms. The Balaban J connectivity index is 0. The number of allylic oxidation sites excluding steroid dienone is 1. The highest BCUT2D eigenvalue weighted by Gasteiger charge is 2.14. The number of rotatable bonds is 8. The molecule has 0 radical (unpaired) electrons. The van der Waals surface area contributed by atoms with Crippen molar-refractivity contribution in [2.24, 2.45) is 4.99 Å². The second-order valence-corrected chi connectivity index (χ2v) is 4.52. The SMILES string of the molecule is C/C=C/CCN=C(NCC)N(C)CC(=O)N(CC)CC.I. The van der Waals surface area contributed by atoms with Crippen LogP contribution in [0.5, 0.6) is 0 Å². The maximum Gasteiger partial charge on any atom is 0.242 e. The smallest absolute Gasteiger partial charge is 0.242 e. The van der Waals surface area contributed by atoms with E-state index in [0.717, 1.165) is 38.6 Å². The maximum atomic E-state index is 12.1. The highest BCUT2D eigenvalue weighted by Crippen LogP contribution is 1.94. The van der Waals surface area contributed by atoms with Crippen molar-refractivity contribution in [2.45, 2.75) is 34.1 Å². The molecule has 0 aliphatic carbocycles. The van der Waals surface area contributed by atoms with Crippen LogP contribution < -0.4 is 5.32 Å². The molecule has 0 saturated carbocycles. The molecule has 0 atom stereocenters. The summed E-state index contributed by atoms with van der Waals surface area (Å²) in [6.45, 7) is 11.4. The van der Waals surface area contributed by atoms with E-state index in [1.807, 2.05) is 50.6 Å². The summed E-state index contributed by atoms with van der Waals surface area (Å²) in [5, 5.41) is 3.22. The fourth-order valence-corrected chi connectivity index (χ4v) is 1.84. The number of nitrogens with zero attached hydrogens (tertiary/aromatic N) is 3. The van der Waals surface area contributed by atoms with Crippen molar-refractivity contribution in [3.63, 3.8) is 0 Å². The van der Waals surface area contributed by atoms with Crippen LogP contribution >= 0.6 is 24.0 Å². The first-order chi connectivity index (χ1) is 9.60. The molecule has 124 valence electrons. The van der Waals surface area contributed by atoms with E-state index in [9.17, 15) is 4.79 Å². The summed E-state index contributed by atoms with van der Waals surface area (Å²) >= 11 is 0. The zero-order chi connectivity index (χ0) is 15.4. The predicted octanol–water partition coefficient (Wildman–Crippen LogP) is 2.34. The Kier molecular flexibility index (Phi) is 15.2. The number of guanidine groups is 1. The van der Waals surface area contributed by atoms with Gasteiger partial charge in [0, 0.05) is 33.2 Å². The zero-order valence-electron chi connectivity index (χ0n) is 14.1. The fourth-order valence-electron chi connectivity index (χ4n) is 1.84. The van der Waals surface area contributed by atoms with Crippen molar-refractivity contribution in [1.82, 2.24) is 15.1 Å².